The lowest BCUT2D eigenvalue weighted by molar-refractivity contribution is 0.401. The second-order valence-electron chi connectivity index (χ2n) is 6.99. The molecule has 0 amide bonds. The van der Waals surface area contributed by atoms with Crippen molar-refractivity contribution in [2.45, 2.75) is 30.8 Å². The van der Waals surface area contributed by atoms with Crippen molar-refractivity contribution >= 4 is 28.4 Å². The monoisotopic (exact) mass is 446 g/mol. The van der Waals surface area contributed by atoms with E-state index in [1.807, 2.05) is 66.9 Å². The lowest BCUT2D eigenvalue weighted by Crippen LogP contribution is -2.08. The van der Waals surface area contributed by atoms with Crippen LogP contribution in [-0.4, -0.2) is 42.2 Å². The van der Waals surface area contributed by atoms with Gasteiger partial charge in [0.05, 0.1) is 29.0 Å². The van der Waals surface area contributed by atoms with E-state index in [-0.39, 0.29) is 11.3 Å². The Hall–Kier alpha value is -3.77. The number of aliphatic hydroxyl groups is 1. The highest BCUT2D eigenvalue weighted by Crippen LogP contribution is 2.34. The molecule has 0 saturated carbocycles. The van der Waals surface area contributed by atoms with Crippen LogP contribution in [0.15, 0.2) is 59.4 Å². The van der Waals surface area contributed by atoms with E-state index >= 15 is 0 Å². The van der Waals surface area contributed by atoms with Gasteiger partial charge in [0.15, 0.2) is 16.8 Å². The molecule has 0 saturated heterocycles. The molecule has 2 N–H and O–H groups in total. The Labute approximate surface area is 189 Å². The molecule has 2 heterocycles. The van der Waals surface area contributed by atoms with Gasteiger partial charge >= 0.3 is 0 Å². The van der Waals surface area contributed by atoms with Crippen molar-refractivity contribution in [3.05, 3.63) is 60.1 Å². The first-order chi connectivity index (χ1) is 15.6. The molecule has 8 nitrogen and oxygen atoms in total. The van der Waals surface area contributed by atoms with Crippen LogP contribution in [0, 0.1) is 11.3 Å². The summed E-state index contributed by atoms with van der Waals surface area (Å²) in [6, 6.07) is 17.2. The molecule has 0 aliphatic heterocycles. The molecule has 0 aliphatic carbocycles. The number of H-pyrrole nitrogens is 1. The number of imidazole rings is 1. The molecule has 0 bridgehead atoms. The first-order valence-electron chi connectivity index (χ1n) is 10.1. The number of rotatable bonds is 7. The van der Waals surface area contributed by atoms with E-state index in [0.717, 1.165) is 16.6 Å². The van der Waals surface area contributed by atoms with Crippen molar-refractivity contribution in [2.24, 2.45) is 0 Å². The molecule has 32 heavy (non-hydrogen) atoms. The standard InChI is InChI=1S/C23H22N6O2S/c1-4-29-22(15-9-5-8-12-19(15)31-3)27-28-23(29)32-14(2)20(30)16(13-24)21-25-17-10-6-7-11-18(17)26-21/h5-12,14,30H,4H2,1-3H3,(H,25,26)/b20-16-. The smallest absolute Gasteiger partial charge is 0.192 e. The minimum atomic E-state index is -0.446. The van der Waals surface area contributed by atoms with Gasteiger partial charge in [-0.2, -0.15) is 5.26 Å². The number of nitriles is 1. The summed E-state index contributed by atoms with van der Waals surface area (Å²) in [7, 11) is 1.62. The van der Waals surface area contributed by atoms with Gasteiger partial charge in [-0.3, -0.25) is 0 Å². The van der Waals surface area contributed by atoms with Gasteiger partial charge in [-0.25, -0.2) is 4.98 Å². The largest absolute Gasteiger partial charge is 0.510 e. The number of para-hydroxylation sites is 3. The molecule has 2 aromatic carbocycles. The zero-order chi connectivity index (χ0) is 22.7. The van der Waals surface area contributed by atoms with Gasteiger partial charge in [0.25, 0.3) is 0 Å². The predicted molar refractivity (Wildman–Crippen MR) is 124 cm³/mol. The fraction of sp³-hybridized carbons (Fsp3) is 0.217. The van der Waals surface area contributed by atoms with E-state index in [1.54, 1.807) is 7.11 Å². The summed E-state index contributed by atoms with van der Waals surface area (Å²) < 4.78 is 7.42. The Morgan fingerprint density at radius 2 is 1.97 bits per heavy atom. The Kier molecular flexibility index (Phi) is 6.14. The molecule has 0 aliphatic rings. The average Bonchev–Trinajstić information content (AvgIpc) is 3.43. The van der Waals surface area contributed by atoms with Gasteiger partial charge in [-0.05, 0) is 38.1 Å². The summed E-state index contributed by atoms with van der Waals surface area (Å²) in [6.45, 7) is 4.45. The number of methoxy groups -OCH3 is 1. The fourth-order valence-electron chi connectivity index (χ4n) is 3.41. The molecule has 4 aromatic rings. The number of allylic oxidation sites excluding steroid dienone is 1. The Bertz CT molecular complexity index is 1300. The number of thioether (sulfide) groups is 1. The number of hydrogen-bond acceptors (Lipinski definition) is 7. The van der Waals surface area contributed by atoms with Crippen LogP contribution in [-0.2, 0) is 6.54 Å². The zero-order valence-corrected chi connectivity index (χ0v) is 18.7. The van der Waals surface area contributed by atoms with Crippen molar-refractivity contribution in [1.82, 2.24) is 24.7 Å². The normalized spacial score (nSPS) is 12.9. The number of fused-ring (bicyclic) bond motifs is 1. The number of nitrogens with one attached hydrogen (secondary N) is 1. The second kappa shape index (κ2) is 9.16. The summed E-state index contributed by atoms with van der Waals surface area (Å²) in [5, 5.41) is 29.5. The van der Waals surface area contributed by atoms with Gasteiger partial charge in [0.2, 0.25) is 0 Å². The lowest BCUT2D eigenvalue weighted by atomic mass is 10.2. The summed E-state index contributed by atoms with van der Waals surface area (Å²) in [6.07, 6.45) is 0. The van der Waals surface area contributed by atoms with Gasteiger partial charge in [0, 0.05) is 6.54 Å². The third-order valence-corrected chi connectivity index (χ3v) is 6.13. The quantitative estimate of drug-likeness (QED) is 0.238. The molecule has 0 spiro atoms. The van der Waals surface area contributed by atoms with Gasteiger partial charge in [-0.15, -0.1) is 10.2 Å². The van der Waals surface area contributed by atoms with Crippen LogP contribution >= 0.6 is 11.8 Å². The topological polar surface area (TPSA) is 113 Å². The molecular weight excluding hydrogens is 424 g/mol. The van der Waals surface area contributed by atoms with Gasteiger partial charge in [0.1, 0.15) is 23.2 Å². The molecule has 162 valence electrons. The Balaban J connectivity index is 1.66. The van der Waals surface area contributed by atoms with E-state index in [9.17, 15) is 10.4 Å². The maximum Gasteiger partial charge on any atom is 0.192 e. The van der Waals surface area contributed by atoms with Crippen LogP contribution < -0.4 is 4.74 Å². The van der Waals surface area contributed by atoms with E-state index in [0.29, 0.717) is 29.1 Å². The van der Waals surface area contributed by atoms with E-state index in [2.05, 4.69) is 26.2 Å². The molecule has 0 fully saturated rings. The van der Waals surface area contributed by atoms with Crippen LogP contribution in [0.4, 0.5) is 0 Å². The maximum absolute atomic E-state index is 10.9. The highest BCUT2D eigenvalue weighted by atomic mass is 32.2. The highest BCUT2D eigenvalue weighted by molar-refractivity contribution is 7.99. The summed E-state index contributed by atoms with van der Waals surface area (Å²) >= 11 is 1.32. The average molecular weight is 447 g/mol. The number of hydrogen-bond donors (Lipinski definition) is 2. The Morgan fingerprint density at radius 1 is 1.22 bits per heavy atom. The minimum absolute atomic E-state index is 0.0685. The number of aliphatic hydroxyl groups excluding tert-OH is 1. The van der Waals surface area contributed by atoms with Gasteiger partial charge < -0.3 is 19.4 Å². The maximum atomic E-state index is 10.9. The number of benzene rings is 2. The van der Waals surface area contributed by atoms with Crippen molar-refractivity contribution in [3.63, 3.8) is 0 Å². The predicted octanol–water partition coefficient (Wildman–Crippen LogP) is 4.82. The number of aromatic nitrogens is 5. The first-order valence-corrected chi connectivity index (χ1v) is 11.0. The highest BCUT2D eigenvalue weighted by Gasteiger charge is 2.23. The molecule has 0 radical (unpaired) electrons. The minimum Gasteiger partial charge on any atom is -0.510 e. The van der Waals surface area contributed by atoms with E-state index in [4.69, 9.17) is 4.74 Å². The number of aromatic amines is 1. The van der Waals surface area contributed by atoms with Crippen LogP contribution in [0.1, 0.15) is 19.7 Å². The van der Waals surface area contributed by atoms with Crippen LogP contribution in [0.25, 0.3) is 28.0 Å². The third-order valence-electron chi connectivity index (χ3n) is 5.04. The zero-order valence-electron chi connectivity index (χ0n) is 17.9. The molecule has 1 atom stereocenters. The summed E-state index contributed by atoms with van der Waals surface area (Å²) in [5.41, 5.74) is 2.48. The molecular formula is C23H22N6O2S. The SMILES string of the molecule is CCn1c(SC(C)/C(O)=C(\C#N)c2nc3ccccc3[nH]2)nnc1-c1ccccc1OC. The number of nitrogens with zero attached hydrogens (tertiary/aromatic N) is 5. The van der Waals surface area contributed by atoms with Crippen molar-refractivity contribution in [3.8, 4) is 23.2 Å². The van der Waals surface area contributed by atoms with Crippen LogP contribution in [0.5, 0.6) is 5.75 Å². The molecule has 1 unspecified atom stereocenters. The van der Waals surface area contributed by atoms with E-state index < -0.39 is 5.25 Å². The Morgan fingerprint density at radius 3 is 2.69 bits per heavy atom. The van der Waals surface area contributed by atoms with E-state index in [1.165, 1.54) is 11.8 Å². The van der Waals surface area contributed by atoms with Crippen LogP contribution in [0.2, 0.25) is 0 Å². The second-order valence-corrected chi connectivity index (χ2v) is 8.29. The van der Waals surface area contributed by atoms with Crippen LogP contribution in [0.3, 0.4) is 0 Å². The van der Waals surface area contributed by atoms with Gasteiger partial charge in [-0.1, -0.05) is 36.0 Å². The first kappa shape index (κ1) is 21.5. The van der Waals surface area contributed by atoms with Crippen molar-refractivity contribution < 1.29 is 9.84 Å². The molecule has 2 aromatic heterocycles. The third kappa shape index (κ3) is 3.92. The molecule has 4 rings (SSSR count). The lowest BCUT2D eigenvalue weighted by Gasteiger charge is -2.13. The number of ether oxygens (including phenoxy) is 1. The fourth-order valence-corrected chi connectivity index (χ4v) is 4.39. The molecule has 9 heteroatoms. The summed E-state index contributed by atoms with van der Waals surface area (Å²) in [4.78, 5) is 7.54. The van der Waals surface area contributed by atoms with Crippen molar-refractivity contribution in [2.75, 3.05) is 7.11 Å². The van der Waals surface area contributed by atoms with Crippen molar-refractivity contribution in [1.29, 1.82) is 5.26 Å². The summed E-state index contributed by atoms with van der Waals surface area (Å²) in [5.74, 6) is 1.66.